The van der Waals surface area contributed by atoms with Crippen LogP contribution in [-0.2, 0) is 21.2 Å². The van der Waals surface area contributed by atoms with Gasteiger partial charge in [0, 0.05) is 44.1 Å². The molecule has 9 heteroatoms. The molecule has 3 aromatic rings. The van der Waals surface area contributed by atoms with E-state index in [1.807, 2.05) is 42.3 Å². The fraction of sp³-hybridized carbons (Fsp3) is 0.261. The molecule has 32 heavy (non-hydrogen) atoms. The average Bonchev–Trinajstić information content (AvgIpc) is 3.42. The van der Waals surface area contributed by atoms with Crippen LogP contribution >= 0.6 is 0 Å². The normalized spacial score (nSPS) is 15.3. The molecule has 1 aliphatic heterocycles. The Morgan fingerprint density at radius 3 is 2.75 bits per heavy atom. The highest BCUT2D eigenvalue weighted by molar-refractivity contribution is 7.90. The smallest absolute Gasteiger partial charge is 0.284 e. The summed E-state index contributed by atoms with van der Waals surface area (Å²) in [6, 6.07) is 15.7. The van der Waals surface area contributed by atoms with Crippen molar-refractivity contribution in [3.05, 3.63) is 66.7 Å². The Morgan fingerprint density at radius 1 is 1.19 bits per heavy atom. The molecule has 1 N–H and O–H groups in total. The molecule has 166 valence electrons. The summed E-state index contributed by atoms with van der Waals surface area (Å²) in [6.07, 6.45) is 3.65. The van der Waals surface area contributed by atoms with Crippen molar-refractivity contribution in [1.29, 1.82) is 0 Å². The molecule has 1 saturated heterocycles. The molecule has 0 atom stereocenters. The molecular weight excluding hydrogens is 428 g/mol. The molecule has 0 aliphatic carbocycles. The number of amidine groups is 1. The van der Waals surface area contributed by atoms with E-state index in [1.165, 1.54) is 12.1 Å². The fourth-order valence-corrected chi connectivity index (χ4v) is 4.58. The van der Waals surface area contributed by atoms with Crippen molar-refractivity contribution in [3.8, 4) is 11.3 Å². The van der Waals surface area contributed by atoms with Crippen LogP contribution in [0.2, 0.25) is 0 Å². The van der Waals surface area contributed by atoms with Gasteiger partial charge in [0.2, 0.25) is 5.91 Å². The van der Waals surface area contributed by atoms with Crippen LogP contribution in [0, 0.1) is 0 Å². The number of likely N-dealkylation sites (tertiary alicyclic amines) is 1. The minimum absolute atomic E-state index is 0.0447. The third kappa shape index (κ3) is 5.23. The van der Waals surface area contributed by atoms with Gasteiger partial charge in [-0.25, -0.2) is 4.98 Å². The second kappa shape index (κ2) is 9.35. The molecule has 0 saturated carbocycles. The van der Waals surface area contributed by atoms with Crippen LogP contribution < -0.4 is 5.32 Å². The Balaban J connectivity index is 1.37. The van der Waals surface area contributed by atoms with Gasteiger partial charge in [-0.15, -0.1) is 4.40 Å². The number of nitrogens with one attached hydrogen (secondary N) is 1. The van der Waals surface area contributed by atoms with Gasteiger partial charge in [0.15, 0.2) is 11.7 Å². The van der Waals surface area contributed by atoms with E-state index in [1.54, 1.807) is 18.3 Å². The first kappa shape index (κ1) is 21.8. The quantitative estimate of drug-likeness (QED) is 0.586. The van der Waals surface area contributed by atoms with Gasteiger partial charge in [0.05, 0.1) is 11.1 Å². The SMILES string of the molecule is CN1CCCC1=NS(=O)(=O)c1cccc(NC(=O)CCc2ncc(-c3ccccc3)o2)c1. The minimum Gasteiger partial charge on any atom is -0.441 e. The highest BCUT2D eigenvalue weighted by atomic mass is 32.2. The number of anilines is 1. The van der Waals surface area contributed by atoms with E-state index >= 15 is 0 Å². The number of hydrogen-bond acceptors (Lipinski definition) is 5. The third-order valence-corrected chi connectivity index (χ3v) is 6.45. The lowest BCUT2D eigenvalue weighted by molar-refractivity contribution is -0.116. The maximum absolute atomic E-state index is 12.7. The Kier molecular flexibility index (Phi) is 6.36. The van der Waals surface area contributed by atoms with Crippen LogP contribution in [0.15, 0.2) is 74.5 Å². The van der Waals surface area contributed by atoms with E-state index in [4.69, 9.17) is 4.42 Å². The molecule has 1 aromatic heterocycles. The maximum atomic E-state index is 12.7. The molecule has 1 aliphatic rings. The van der Waals surface area contributed by atoms with Crippen LogP contribution in [0.25, 0.3) is 11.3 Å². The summed E-state index contributed by atoms with van der Waals surface area (Å²) in [6.45, 7) is 0.793. The number of carbonyl (C=O) groups is 1. The Bertz CT molecular complexity index is 1240. The number of nitrogens with zero attached hydrogens (tertiary/aromatic N) is 3. The molecule has 1 amide bonds. The van der Waals surface area contributed by atoms with Crippen LogP contribution in [0.4, 0.5) is 5.69 Å². The van der Waals surface area contributed by atoms with Crippen LogP contribution in [-0.4, -0.2) is 43.6 Å². The largest absolute Gasteiger partial charge is 0.441 e. The second-order valence-corrected chi connectivity index (χ2v) is 9.17. The first-order valence-corrected chi connectivity index (χ1v) is 11.8. The summed E-state index contributed by atoms with van der Waals surface area (Å²) in [4.78, 5) is 18.5. The molecule has 2 heterocycles. The molecule has 8 nitrogen and oxygen atoms in total. The molecule has 0 spiro atoms. The van der Waals surface area contributed by atoms with Crippen molar-refractivity contribution >= 4 is 27.5 Å². The lowest BCUT2D eigenvalue weighted by Gasteiger charge is -2.11. The number of oxazole rings is 1. The number of benzene rings is 2. The van der Waals surface area contributed by atoms with Crippen LogP contribution in [0.5, 0.6) is 0 Å². The lowest BCUT2D eigenvalue weighted by Crippen LogP contribution is -2.20. The number of sulfonamides is 1. The maximum Gasteiger partial charge on any atom is 0.284 e. The summed E-state index contributed by atoms with van der Waals surface area (Å²) in [5.74, 6) is 1.40. The van der Waals surface area contributed by atoms with E-state index in [-0.39, 0.29) is 17.2 Å². The Labute approximate surface area is 187 Å². The average molecular weight is 453 g/mol. The van der Waals surface area contributed by atoms with E-state index < -0.39 is 10.0 Å². The predicted octanol–water partition coefficient (Wildman–Crippen LogP) is 3.73. The Morgan fingerprint density at radius 2 is 2.00 bits per heavy atom. The van der Waals surface area contributed by atoms with Crippen molar-refractivity contribution in [2.75, 3.05) is 18.9 Å². The van der Waals surface area contributed by atoms with E-state index in [0.29, 0.717) is 36.0 Å². The molecule has 4 rings (SSSR count). The molecule has 0 radical (unpaired) electrons. The zero-order valence-electron chi connectivity index (χ0n) is 17.7. The molecule has 0 bridgehead atoms. The third-order valence-electron chi connectivity index (χ3n) is 5.15. The van der Waals surface area contributed by atoms with Crippen molar-refractivity contribution in [2.45, 2.75) is 30.6 Å². The van der Waals surface area contributed by atoms with Crippen LogP contribution in [0.1, 0.15) is 25.2 Å². The van der Waals surface area contributed by atoms with Crippen LogP contribution in [0.3, 0.4) is 0 Å². The van der Waals surface area contributed by atoms with Gasteiger partial charge in [-0.1, -0.05) is 36.4 Å². The number of aromatic nitrogens is 1. The van der Waals surface area contributed by atoms with Gasteiger partial charge in [-0.2, -0.15) is 8.42 Å². The van der Waals surface area contributed by atoms with Crippen molar-refractivity contribution in [3.63, 3.8) is 0 Å². The standard InChI is InChI=1S/C23H24N4O4S/c1-27-14-6-11-21(27)26-32(29,30)19-10-5-9-18(15-19)25-22(28)12-13-23-24-16-20(31-23)17-7-3-2-4-8-17/h2-5,7-10,15-16H,6,11-14H2,1H3,(H,25,28). The summed E-state index contributed by atoms with van der Waals surface area (Å²) in [7, 11) is -2.02. The van der Waals surface area contributed by atoms with Crippen molar-refractivity contribution < 1.29 is 17.6 Å². The zero-order chi connectivity index (χ0) is 22.6. The van der Waals surface area contributed by atoms with Crippen molar-refractivity contribution in [2.24, 2.45) is 4.40 Å². The highest BCUT2D eigenvalue weighted by Gasteiger charge is 2.20. The van der Waals surface area contributed by atoms with Gasteiger partial charge in [-0.3, -0.25) is 4.79 Å². The molecular formula is C23H24N4O4S. The number of amides is 1. The topological polar surface area (TPSA) is 105 Å². The monoisotopic (exact) mass is 452 g/mol. The summed E-state index contributed by atoms with van der Waals surface area (Å²) >= 11 is 0. The summed E-state index contributed by atoms with van der Waals surface area (Å²) < 4.78 is 35.0. The van der Waals surface area contributed by atoms with E-state index in [2.05, 4.69) is 14.7 Å². The number of aryl methyl sites for hydroxylation is 1. The zero-order valence-corrected chi connectivity index (χ0v) is 18.5. The molecule has 0 unspecified atom stereocenters. The first-order valence-electron chi connectivity index (χ1n) is 10.4. The van der Waals surface area contributed by atoms with Gasteiger partial charge in [-0.05, 0) is 24.6 Å². The van der Waals surface area contributed by atoms with Gasteiger partial charge in [0.25, 0.3) is 10.0 Å². The predicted molar refractivity (Wildman–Crippen MR) is 122 cm³/mol. The minimum atomic E-state index is -3.84. The molecule has 2 aromatic carbocycles. The van der Waals surface area contributed by atoms with E-state index in [9.17, 15) is 13.2 Å². The van der Waals surface area contributed by atoms with Gasteiger partial charge < -0.3 is 14.6 Å². The summed E-state index contributed by atoms with van der Waals surface area (Å²) in [5.41, 5.74) is 1.31. The second-order valence-electron chi connectivity index (χ2n) is 7.57. The summed E-state index contributed by atoms with van der Waals surface area (Å²) in [5, 5.41) is 2.73. The number of hydrogen-bond donors (Lipinski definition) is 1. The van der Waals surface area contributed by atoms with Gasteiger partial charge in [0.1, 0.15) is 5.84 Å². The Hall–Kier alpha value is -3.46. The van der Waals surface area contributed by atoms with Crippen molar-refractivity contribution in [1.82, 2.24) is 9.88 Å². The fourth-order valence-electron chi connectivity index (χ4n) is 3.44. The number of carbonyl (C=O) groups excluding carboxylic acids is 1. The lowest BCUT2D eigenvalue weighted by atomic mass is 10.2. The number of rotatable bonds is 7. The van der Waals surface area contributed by atoms with E-state index in [0.717, 1.165) is 18.5 Å². The van der Waals surface area contributed by atoms with Gasteiger partial charge >= 0.3 is 0 Å². The first-order chi connectivity index (χ1) is 15.4. The highest BCUT2D eigenvalue weighted by Crippen LogP contribution is 2.22. The molecule has 1 fully saturated rings.